The van der Waals surface area contributed by atoms with Crippen LogP contribution in [0.3, 0.4) is 0 Å². The van der Waals surface area contributed by atoms with Crippen molar-refractivity contribution in [3.05, 3.63) is 65.2 Å². The van der Waals surface area contributed by atoms with Crippen LogP contribution in [-0.2, 0) is 9.53 Å². The van der Waals surface area contributed by atoms with E-state index in [2.05, 4.69) is 30.9 Å². The Kier molecular flexibility index (Phi) is 7.12. The Bertz CT molecular complexity index is 1020. The Morgan fingerprint density at radius 1 is 1.13 bits per heavy atom. The largest absolute Gasteiger partial charge is 0.379 e. The number of morpholine rings is 1. The molecule has 1 fully saturated rings. The van der Waals surface area contributed by atoms with E-state index in [0.717, 1.165) is 65.7 Å². The summed E-state index contributed by atoms with van der Waals surface area (Å²) in [5.74, 6) is -0.0276. The molecule has 0 aliphatic carbocycles. The second kappa shape index (κ2) is 10.2. The number of benzene rings is 2. The van der Waals surface area contributed by atoms with Crippen LogP contribution >= 0.6 is 11.3 Å². The summed E-state index contributed by atoms with van der Waals surface area (Å²) < 4.78 is 6.60. The van der Waals surface area contributed by atoms with E-state index < -0.39 is 0 Å². The highest BCUT2D eigenvalue weighted by Gasteiger charge is 2.20. The minimum atomic E-state index is -0.0276. The lowest BCUT2D eigenvalue weighted by atomic mass is 10.1. The van der Waals surface area contributed by atoms with Gasteiger partial charge < -0.3 is 4.74 Å². The van der Waals surface area contributed by atoms with Crippen LogP contribution in [0.25, 0.3) is 16.3 Å². The van der Waals surface area contributed by atoms with Crippen LogP contribution in [0, 0.1) is 13.8 Å². The topological polar surface area (TPSA) is 45.7 Å². The van der Waals surface area contributed by atoms with E-state index in [9.17, 15) is 4.79 Å². The number of carbonyl (C=O) groups is 1. The van der Waals surface area contributed by atoms with Crippen LogP contribution in [-0.4, -0.2) is 55.2 Å². The molecule has 1 aromatic heterocycles. The minimum Gasteiger partial charge on any atom is -0.379 e. The molecule has 1 aliphatic heterocycles. The Labute approximate surface area is 188 Å². The summed E-state index contributed by atoms with van der Waals surface area (Å²) in [6.45, 7) is 9.28. The fourth-order valence-electron chi connectivity index (χ4n) is 3.76. The molecule has 3 aromatic rings. The van der Waals surface area contributed by atoms with E-state index >= 15 is 0 Å². The molecule has 0 unspecified atom stereocenters. The van der Waals surface area contributed by atoms with Crippen molar-refractivity contribution in [3.8, 4) is 0 Å². The summed E-state index contributed by atoms with van der Waals surface area (Å²) >= 11 is 1.61. The molecule has 0 spiro atoms. The van der Waals surface area contributed by atoms with Crippen LogP contribution in [0.5, 0.6) is 0 Å². The second-order valence-corrected chi connectivity index (χ2v) is 8.89. The number of hydrogen-bond acceptors (Lipinski definition) is 5. The normalized spacial score (nSPS) is 15.0. The minimum absolute atomic E-state index is 0.0276. The third kappa shape index (κ3) is 5.39. The van der Waals surface area contributed by atoms with Gasteiger partial charge in [0.2, 0.25) is 0 Å². The van der Waals surface area contributed by atoms with Gasteiger partial charge in [-0.1, -0.05) is 53.8 Å². The van der Waals surface area contributed by atoms with Crippen molar-refractivity contribution in [2.24, 2.45) is 0 Å². The molecule has 31 heavy (non-hydrogen) atoms. The maximum absolute atomic E-state index is 13.2. The molecular formula is C25H29N3O2S. The number of nitrogens with zero attached hydrogens (tertiary/aromatic N) is 3. The zero-order valence-electron chi connectivity index (χ0n) is 18.2. The Morgan fingerprint density at radius 3 is 2.61 bits per heavy atom. The molecule has 5 nitrogen and oxygen atoms in total. The third-order valence-electron chi connectivity index (χ3n) is 5.61. The number of fused-ring (bicyclic) bond motifs is 1. The number of anilines is 1. The van der Waals surface area contributed by atoms with Crippen molar-refractivity contribution < 1.29 is 9.53 Å². The van der Waals surface area contributed by atoms with Gasteiger partial charge in [-0.2, -0.15) is 0 Å². The first kappa shape index (κ1) is 21.7. The van der Waals surface area contributed by atoms with Gasteiger partial charge in [0.05, 0.1) is 23.4 Å². The number of aryl methyl sites for hydroxylation is 2. The van der Waals surface area contributed by atoms with E-state index in [4.69, 9.17) is 9.72 Å². The molecule has 162 valence electrons. The maximum Gasteiger partial charge on any atom is 0.252 e. The fourth-order valence-corrected chi connectivity index (χ4v) is 4.91. The Hall–Kier alpha value is -2.54. The molecule has 0 saturated carbocycles. The van der Waals surface area contributed by atoms with Gasteiger partial charge in [-0.25, -0.2) is 4.98 Å². The lowest BCUT2D eigenvalue weighted by Crippen LogP contribution is -2.39. The first-order valence-electron chi connectivity index (χ1n) is 10.8. The standard InChI is InChI=1S/C25H29N3O2S/c1-19-9-10-20(2)24-23(19)26-25(31-24)28(14-6-13-27-15-17-30-18-16-27)22(29)12-11-21-7-4-3-5-8-21/h3-5,7-12H,6,13-18H2,1-2H3/b12-11+. The zero-order chi connectivity index (χ0) is 21.6. The van der Waals surface area contributed by atoms with Crippen LogP contribution < -0.4 is 4.90 Å². The molecule has 0 radical (unpaired) electrons. The summed E-state index contributed by atoms with van der Waals surface area (Å²) in [6, 6.07) is 14.1. The van der Waals surface area contributed by atoms with Gasteiger partial charge in [-0.15, -0.1) is 0 Å². The summed E-state index contributed by atoms with van der Waals surface area (Å²) in [4.78, 5) is 22.3. The van der Waals surface area contributed by atoms with E-state index in [1.807, 2.05) is 41.3 Å². The van der Waals surface area contributed by atoms with E-state index in [-0.39, 0.29) is 5.91 Å². The van der Waals surface area contributed by atoms with Gasteiger partial charge in [-0.3, -0.25) is 14.6 Å². The van der Waals surface area contributed by atoms with Crippen LogP contribution in [0.4, 0.5) is 5.13 Å². The number of aromatic nitrogens is 1. The quantitative estimate of drug-likeness (QED) is 0.506. The number of thiazole rings is 1. The molecular weight excluding hydrogens is 406 g/mol. The summed E-state index contributed by atoms with van der Waals surface area (Å²) in [7, 11) is 0. The highest BCUT2D eigenvalue weighted by Crippen LogP contribution is 2.33. The number of hydrogen-bond donors (Lipinski definition) is 0. The zero-order valence-corrected chi connectivity index (χ0v) is 19.0. The van der Waals surface area contributed by atoms with Gasteiger partial charge in [0.25, 0.3) is 5.91 Å². The van der Waals surface area contributed by atoms with Crippen molar-refractivity contribution in [2.45, 2.75) is 20.3 Å². The first-order valence-corrected chi connectivity index (χ1v) is 11.6. The Balaban J connectivity index is 1.55. The van der Waals surface area contributed by atoms with Crippen molar-refractivity contribution in [1.29, 1.82) is 0 Å². The molecule has 2 aromatic carbocycles. The van der Waals surface area contributed by atoms with Crippen molar-refractivity contribution in [2.75, 3.05) is 44.3 Å². The predicted molar refractivity (Wildman–Crippen MR) is 129 cm³/mol. The van der Waals surface area contributed by atoms with E-state index in [1.165, 1.54) is 5.56 Å². The average Bonchev–Trinajstić information content (AvgIpc) is 3.25. The monoisotopic (exact) mass is 435 g/mol. The molecule has 2 heterocycles. The van der Waals surface area contributed by atoms with E-state index in [0.29, 0.717) is 6.54 Å². The van der Waals surface area contributed by atoms with Crippen molar-refractivity contribution >= 4 is 38.7 Å². The van der Waals surface area contributed by atoms with Crippen LogP contribution in [0.2, 0.25) is 0 Å². The molecule has 1 saturated heterocycles. The highest BCUT2D eigenvalue weighted by molar-refractivity contribution is 7.22. The number of amides is 1. The summed E-state index contributed by atoms with van der Waals surface area (Å²) in [6.07, 6.45) is 4.44. The average molecular weight is 436 g/mol. The summed E-state index contributed by atoms with van der Waals surface area (Å²) in [5.41, 5.74) is 4.35. The van der Waals surface area contributed by atoms with Gasteiger partial charge >= 0.3 is 0 Å². The maximum atomic E-state index is 13.2. The molecule has 6 heteroatoms. The van der Waals surface area contributed by atoms with Crippen molar-refractivity contribution in [1.82, 2.24) is 9.88 Å². The molecule has 1 amide bonds. The SMILES string of the molecule is Cc1ccc(C)c2sc(N(CCCN3CCOCC3)C(=O)/C=C/c3ccccc3)nc12. The number of ether oxygens (including phenoxy) is 1. The lowest BCUT2D eigenvalue weighted by Gasteiger charge is -2.27. The number of carbonyl (C=O) groups excluding carboxylic acids is 1. The third-order valence-corrected chi connectivity index (χ3v) is 6.82. The van der Waals surface area contributed by atoms with Gasteiger partial charge in [0.1, 0.15) is 0 Å². The smallest absolute Gasteiger partial charge is 0.252 e. The molecule has 0 N–H and O–H groups in total. The van der Waals surface area contributed by atoms with Crippen molar-refractivity contribution in [3.63, 3.8) is 0 Å². The molecule has 1 aliphatic rings. The second-order valence-electron chi connectivity index (χ2n) is 7.91. The van der Waals surface area contributed by atoms with Gasteiger partial charge in [0.15, 0.2) is 5.13 Å². The first-order chi connectivity index (χ1) is 15.1. The van der Waals surface area contributed by atoms with Crippen LogP contribution in [0.1, 0.15) is 23.1 Å². The van der Waals surface area contributed by atoms with E-state index in [1.54, 1.807) is 17.4 Å². The Morgan fingerprint density at radius 2 is 1.87 bits per heavy atom. The molecule has 0 bridgehead atoms. The van der Waals surface area contributed by atoms with Gasteiger partial charge in [0, 0.05) is 32.3 Å². The van der Waals surface area contributed by atoms with Crippen LogP contribution in [0.15, 0.2) is 48.5 Å². The van der Waals surface area contributed by atoms with Gasteiger partial charge in [-0.05, 0) is 43.0 Å². The fraction of sp³-hybridized carbons (Fsp3) is 0.360. The lowest BCUT2D eigenvalue weighted by molar-refractivity contribution is -0.114. The molecule has 4 rings (SSSR count). The predicted octanol–water partition coefficient (Wildman–Crippen LogP) is 4.68. The summed E-state index contributed by atoms with van der Waals surface area (Å²) in [5, 5.41) is 0.775. The highest BCUT2D eigenvalue weighted by atomic mass is 32.1. The number of rotatable bonds is 7. The molecule has 0 atom stereocenters.